The summed E-state index contributed by atoms with van der Waals surface area (Å²) >= 11 is 0. The van der Waals surface area contributed by atoms with Crippen molar-refractivity contribution < 1.29 is 25.8 Å². The van der Waals surface area contributed by atoms with E-state index in [0.717, 1.165) is 13.2 Å². The van der Waals surface area contributed by atoms with E-state index in [1.54, 1.807) is 0 Å². The van der Waals surface area contributed by atoms with Crippen molar-refractivity contribution in [2.24, 2.45) is 4.99 Å². The summed E-state index contributed by atoms with van der Waals surface area (Å²) in [4.78, 5) is 3.74. The molecule has 1 aliphatic rings. The van der Waals surface area contributed by atoms with Gasteiger partial charge in [0, 0.05) is 21.1 Å². The summed E-state index contributed by atoms with van der Waals surface area (Å²) in [6, 6.07) is 0. The Morgan fingerprint density at radius 3 is 2.67 bits per heavy atom. The molecule has 0 aromatic rings. The average molecular weight is 167 g/mol. The molecule has 0 saturated carbocycles. The smallest absolute Gasteiger partial charge is 0.169 e. The number of hydrogen-bond donors (Lipinski definition) is 0. The van der Waals surface area contributed by atoms with Gasteiger partial charge in [0.25, 0.3) is 0 Å². The number of rotatable bonds is 0. The predicted molar refractivity (Wildman–Crippen MR) is 19.3 cm³/mol. The fraction of sp³-hybridized carbons (Fsp3) is 0.667. The van der Waals surface area contributed by atoms with Crippen LogP contribution in [0, 0.1) is 0 Å². The van der Waals surface area contributed by atoms with E-state index in [9.17, 15) is 0 Å². The Balaban J connectivity index is 0.000000250. The zero-order valence-electron chi connectivity index (χ0n) is 3.26. The van der Waals surface area contributed by atoms with E-state index in [1.807, 2.05) is 0 Å². The minimum absolute atomic E-state index is 0. The van der Waals surface area contributed by atoms with Crippen LogP contribution in [0.3, 0.4) is 0 Å². The predicted octanol–water partition coefficient (Wildman–Crippen LogP) is 0.0424. The van der Waals surface area contributed by atoms with E-state index in [1.165, 1.54) is 6.40 Å². The summed E-state index contributed by atoms with van der Waals surface area (Å²) in [5.74, 6) is 0. The van der Waals surface area contributed by atoms with Crippen molar-refractivity contribution in [2.45, 2.75) is 0 Å². The molecule has 0 unspecified atom stereocenters. The van der Waals surface area contributed by atoms with Gasteiger partial charge in [-0.2, -0.15) is 0 Å². The molecule has 0 aliphatic carbocycles. The summed E-state index contributed by atoms with van der Waals surface area (Å²) < 4.78 is 4.65. The van der Waals surface area contributed by atoms with Gasteiger partial charge in [0.15, 0.2) is 6.40 Å². The van der Waals surface area contributed by atoms with E-state index < -0.39 is 0 Å². The van der Waals surface area contributed by atoms with Gasteiger partial charge in [-0.05, 0) is 0 Å². The van der Waals surface area contributed by atoms with Gasteiger partial charge < -0.3 is 4.74 Å². The molecule has 0 atom stereocenters. The van der Waals surface area contributed by atoms with Gasteiger partial charge in [-0.1, -0.05) is 0 Å². The Bertz CT molecular complexity index is 48.8. The molecule has 6 heavy (non-hydrogen) atoms. The fourth-order valence-electron chi connectivity index (χ4n) is 0.264. The van der Waals surface area contributed by atoms with E-state index in [-0.39, 0.29) is 21.1 Å². The molecule has 0 aromatic carbocycles. The molecule has 2 nitrogen and oxygen atoms in total. The van der Waals surface area contributed by atoms with Crippen LogP contribution in [0.25, 0.3) is 0 Å². The summed E-state index contributed by atoms with van der Waals surface area (Å²) in [6.45, 7) is 1.62. The molecule has 0 fully saturated rings. The Morgan fingerprint density at radius 1 is 1.67 bits per heavy atom. The Morgan fingerprint density at radius 2 is 2.50 bits per heavy atom. The first kappa shape index (κ1) is 6.16. The molecule has 1 aliphatic heterocycles. The molecular formula is C3H5MoNO. The molecule has 3 heteroatoms. The molecule has 0 spiro atoms. The van der Waals surface area contributed by atoms with Crippen LogP contribution in [0.4, 0.5) is 0 Å². The number of ether oxygens (including phenoxy) is 1. The van der Waals surface area contributed by atoms with Crippen molar-refractivity contribution in [3.63, 3.8) is 0 Å². The zero-order valence-corrected chi connectivity index (χ0v) is 5.26. The van der Waals surface area contributed by atoms with Gasteiger partial charge in [-0.25, -0.2) is 0 Å². The van der Waals surface area contributed by atoms with Crippen molar-refractivity contribution in [3.8, 4) is 0 Å². The summed E-state index contributed by atoms with van der Waals surface area (Å²) in [5.41, 5.74) is 0. The quantitative estimate of drug-likeness (QED) is 0.467. The van der Waals surface area contributed by atoms with E-state index >= 15 is 0 Å². The van der Waals surface area contributed by atoms with Crippen LogP contribution < -0.4 is 0 Å². The maximum Gasteiger partial charge on any atom is 0.169 e. The van der Waals surface area contributed by atoms with Crippen LogP contribution in [0.15, 0.2) is 4.99 Å². The summed E-state index contributed by atoms with van der Waals surface area (Å²) in [5, 5.41) is 0. The topological polar surface area (TPSA) is 21.6 Å². The molecule has 0 radical (unpaired) electrons. The van der Waals surface area contributed by atoms with Gasteiger partial charge in [0.1, 0.15) is 6.61 Å². The van der Waals surface area contributed by atoms with Gasteiger partial charge in [0.05, 0.1) is 6.54 Å². The van der Waals surface area contributed by atoms with Gasteiger partial charge in [0.2, 0.25) is 0 Å². The third-order valence-electron chi connectivity index (χ3n) is 0.487. The van der Waals surface area contributed by atoms with Gasteiger partial charge >= 0.3 is 0 Å². The molecule has 0 amide bonds. The fourth-order valence-corrected chi connectivity index (χ4v) is 0.264. The first-order valence-electron chi connectivity index (χ1n) is 1.60. The first-order chi connectivity index (χ1) is 2.50. The minimum Gasteiger partial charge on any atom is -0.482 e. The van der Waals surface area contributed by atoms with Crippen LogP contribution in [0.1, 0.15) is 0 Å². The molecule has 0 saturated heterocycles. The molecule has 1 heterocycles. The van der Waals surface area contributed by atoms with Crippen LogP contribution in [0.2, 0.25) is 0 Å². The van der Waals surface area contributed by atoms with Crippen LogP contribution in [-0.4, -0.2) is 19.6 Å². The standard InChI is InChI=1S/C3H5NO.Mo/c1-2-5-3-4-1;/h3H,1-2H2;. The third-order valence-corrected chi connectivity index (χ3v) is 0.487. The molecule has 0 N–H and O–H groups in total. The Kier molecular flexibility index (Phi) is 3.44. The molecular weight excluding hydrogens is 162 g/mol. The second-order valence-corrected chi connectivity index (χ2v) is 0.882. The van der Waals surface area contributed by atoms with Crippen molar-refractivity contribution >= 4 is 6.40 Å². The number of hydrogen-bond acceptors (Lipinski definition) is 2. The van der Waals surface area contributed by atoms with Gasteiger partial charge in [-0.3, -0.25) is 4.99 Å². The largest absolute Gasteiger partial charge is 0.482 e. The summed E-state index contributed by atoms with van der Waals surface area (Å²) in [7, 11) is 0. The van der Waals surface area contributed by atoms with Crippen molar-refractivity contribution in [1.82, 2.24) is 0 Å². The normalized spacial score (nSPS) is 16.0. The Labute approximate surface area is 50.9 Å². The summed E-state index contributed by atoms with van der Waals surface area (Å²) in [6.07, 6.45) is 1.49. The Hall–Kier alpha value is 0.158. The molecule has 0 aromatic heterocycles. The number of nitrogens with zero attached hydrogens (tertiary/aromatic N) is 1. The molecule has 1 rings (SSSR count). The van der Waals surface area contributed by atoms with E-state index in [4.69, 9.17) is 0 Å². The second-order valence-electron chi connectivity index (χ2n) is 0.882. The minimum atomic E-state index is 0. The zero-order chi connectivity index (χ0) is 3.54. The maximum atomic E-state index is 4.65. The monoisotopic (exact) mass is 169 g/mol. The van der Waals surface area contributed by atoms with Crippen LogP contribution >= 0.6 is 0 Å². The van der Waals surface area contributed by atoms with Crippen molar-refractivity contribution in [2.75, 3.05) is 13.2 Å². The van der Waals surface area contributed by atoms with Crippen LogP contribution in [-0.2, 0) is 25.8 Å². The van der Waals surface area contributed by atoms with E-state index in [2.05, 4.69) is 9.73 Å². The average Bonchev–Trinajstić information content (AvgIpc) is 1.76. The first-order valence-corrected chi connectivity index (χ1v) is 1.60. The van der Waals surface area contributed by atoms with Crippen molar-refractivity contribution in [1.29, 1.82) is 0 Å². The third kappa shape index (κ3) is 1.56. The maximum absolute atomic E-state index is 4.65. The SMILES string of the molecule is C1=NCCO1.[Mo]. The molecule has 0 bridgehead atoms. The van der Waals surface area contributed by atoms with E-state index in [0.29, 0.717) is 0 Å². The van der Waals surface area contributed by atoms with Crippen LogP contribution in [0.5, 0.6) is 0 Å². The van der Waals surface area contributed by atoms with Crippen molar-refractivity contribution in [3.05, 3.63) is 0 Å². The molecule has 34 valence electrons. The second kappa shape index (κ2) is 3.35. The van der Waals surface area contributed by atoms with Gasteiger partial charge in [-0.15, -0.1) is 0 Å². The number of aliphatic imine (C=N–C) groups is 1.